The zero-order valence-electron chi connectivity index (χ0n) is 17.8. The molecule has 31 heavy (non-hydrogen) atoms. The quantitative estimate of drug-likeness (QED) is 0.455. The van der Waals surface area contributed by atoms with Gasteiger partial charge in [-0.25, -0.2) is 9.78 Å². The number of imidazole rings is 1. The molecule has 4 aromatic rings. The van der Waals surface area contributed by atoms with Crippen molar-refractivity contribution in [2.75, 3.05) is 11.9 Å². The number of hydrogen-bond donors (Lipinski definition) is 2. The van der Waals surface area contributed by atoms with Gasteiger partial charge >= 0.3 is 6.03 Å². The summed E-state index contributed by atoms with van der Waals surface area (Å²) in [5.74, 6) is 0.676. The van der Waals surface area contributed by atoms with Gasteiger partial charge < -0.3 is 15.4 Å². The van der Waals surface area contributed by atoms with Crippen LogP contribution in [0.5, 0.6) is 5.75 Å². The highest BCUT2D eigenvalue weighted by Crippen LogP contribution is 2.31. The van der Waals surface area contributed by atoms with Crippen LogP contribution in [0.2, 0.25) is 0 Å². The summed E-state index contributed by atoms with van der Waals surface area (Å²) in [7, 11) is 0. The molecule has 0 radical (unpaired) electrons. The number of anilines is 1. The van der Waals surface area contributed by atoms with Crippen molar-refractivity contribution in [3.63, 3.8) is 0 Å². The van der Waals surface area contributed by atoms with E-state index in [9.17, 15) is 4.79 Å². The second-order valence-corrected chi connectivity index (χ2v) is 8.49. The summed E-state index contributed by atoms with van der Waals surface area (Å²) in [4.78, 5) is 16.6. The van der Waals surface area contributed by atoms with E-state index in [0.717, 1.165) is 32.5 Å². The van der Waals surface area contributed by atoms with Gasteiger partial charge in [-0.05, 0) is 52.0 Å². The molecule has 0 saturated heterocycles. The number of hydrogen-bond acceptors (Lipinski definition) is 6. The maximum absolute atomic E-state index is 12.0. The molecule has 1 aromatic carbocycles. The minimum absolute atomic E-state index is 0.00710. The molecule has 9 heteroatoms. The number of rotatable bonds is 6. The molecule has 3 heterocycles. The van der Waals surface area contributed by atoms with Crippen molar-refractivity contribution in [2.45, 2.75) is 33.8 Å². The van der Waals surface area contributed by atoms with Gasteiger partial charge in [0.2, 0.25) is 0 Å². The highest BCUT2D eigenvalue weighted by Gasteiger charge is 2.13. The normalized spacial score (nSPS) is 11.1. The summed E-state index contributed by atoms with van der Waals surface area (Å²) in [6, 6.07) is 9.41. The number of pyridine rings is 1. The van der Waals surface area contributed by atoms with Crippen LogP contribution in [-0.4, -0.2) is 38.3 Å². The Morgan fingerprint density at radius 1 is 1.19 bits per heavy atom. The molecule has 0 spiro atoms. The number of amides is 2. The molecule has 0 fully saturated rings. The van der Waals surface area contributed by atoms with E-state index in [1.165, 1.54) is 0 Å². The fourth-order valence-corrected chi connectivity index (χ4v) is 3.92. The topological polar surface area (TPSA) is 93.4 Å². The molecule has 160 valence electrons. The van der Waals surface area contributed by atoms with Gasteiger partial charge in [0, 0.05) is 35.6 Å². The van der Waals surface area contributed by atoms with Crippen molar-refractivity contribution in [2.24, 2.45) is 0 Å². The Morgan fingerprint density at radius 2 is 2.03 bits per heavy atom. The highest BCUT2D eigenvalue weighted by atomic mass is 32.1. The van der Waals surface area contributed by atoms with Crippen molar-refractivity contribution in [1.29, 1.82) is 0 Å². The summed E-state index contributed by atoms with van der Waals surface area (Å²) in [5, 5.41) is 15.7. The Hall–Kier alpha value is -3.46. The maximum Gasteiger partial charge on any atom is 0.319 e. The Kier molecular flexibility index (Phi) is 5.85. The van der Waals surface area contributed by atoms with Crippen LogP contribution in [0.3, 0.4) is 0 Å². The largest absolute Gasteiger partial charge is 0.491 e. The summed E-state index contributed by atoms with van der Waals surface area (Å²) < 4.78 is 7.91. The van der Waals surface area contributed by atoms with Crippen molar-refractivity contribution < 1.29 is 9.53 Å². The first-order chi connectivity index (χ1) is 14.9. The predicted octanol–water partition coefficient (Wildman–Crippen LogP) is 4.76. The zero-order valence-corrected chi connectivity index (χ0v) is 18.7. The molecule has 8 nitrogen and oxygen atoms in total. The van der Waals surface area contributed by atoms with Crippen LogP contribution in [0.25, 0.3) is 27.5 Å². The Labute approximate surface area is 184 Å². The van der Waals surface area contributed by atoms with Crippen LogP contribution in [0, 0.1) is 6.92 Å². The van der Waals surface area contributed by atoms with Crippen molar-refractivity contribution in [1.82, 2.24) is 24.9 Å². The number of benzene rings is 1. The SMILES string of the molecule is CCNC(=O)Nc1cc(OC(C)C)cc(-c2cnc3cc(-c4nnc(C)s4)ccn23)c1. The first-order valence-corrected chi connectivity index (χ1v) is 10.9. The van der Waals surface area contributed by atoms with Crippen LogP contribution >= 0.6 is 11.3 Å². The Balaban J connectivity index is 1.74. The van der Waals surface area contributed by atoms with E-state index in [4.69, 9.17) is 4.74 Å². The molecule has 0 aliphatic heterocycles. The number of nitrogens with one attached hydrogen (secondary N) is 2. The lowest BCUT2D eigenvalue weighted by atomic mass is 10.1. The van der Waals surface area contributed by atoms with Gasteiger partial charge in [-0.15, -0.1) is 10.2 Å². The van der Waals surface area contributed by atoms with Gasteiger partial charge in [-0.3, -0.25) is 4.40 Å². The van der Waals surface area contributed by atoms with Crippen LogP contribution in [-0.2, 0) is 0 Å². The minimum Gasteiger partial charge on any atom is -0.491 e. The number of nitrogens with zero attached hydrogens (tertiary/aromatic N) is 4. The van der Waals surface area contributed by atoms with Gasteiger partial charge in [-0.1, -0.05) is 11.3 Å². The number of aromatic nitrogens is 4. The van der Waals surface area contributed by atoms with E-state index < -0.39 is 0 Å². The lowest BCUT2D eigenvalue weighted by Gasteiger charge is -2.14. The minimum atomic E-state index is -0.259. The summed E-state index contributed by atoms with van der Waals surface area (Å²) in [5.41, 5.74) is 4.20. The molecule has 0 saturated carbocycles. The van der Waals surface area contributed by atoms with Gasteiger partial charge in [0.1, 0.15) is 21.4 Å². The van der Waals surface area contributed by atoms with Gasteiger partial charge in [0.25, 0.3) is 0 Å². The molecule has 2 N–H and O–H groups in total. The van der Waals surface area contributed by atoms with Gasteiger partial charge in [0.05, 0.1) is 18.0 Å². The van der Waals surface area contributed by atoms with Crippen molar-refractivity contribution >= 4 is 28.7 Å². The number of ether oxygens (including phenoxy) is 1. The predicted molar refractivity (Wildman–Crippen MR) is 123 cm³/mol. The molecule has 0 unspecified atom stereocenters. The highest BCUT2D eigenvalue weighted by molar-refractivity contribution is 7.14. The number of carbonyl (C=O) groups excluding carboxylic acids is 1. The molecule has 0 aliphatic carbocycles. The standard InChI is InChI=1S/C22H24N6O2S/c1-5-23-22(29)25-17-8-16(9-18(11-17)30-13(2)3)19-12-24-20-10-15(6-7-28(19)20)21-27-26-14(4)31-21/h6-13H,5H2,1-4H3,(H2,23,25,29). The van der Waals surface area contributed by atoms with Crippen LogP contribution in [0.1, 0.15) is 25.8 Å². The fourth-order valence-electron chi connectivity index (χ4n) is 3.24. The number of carbonyl (C=O) groups is 1. The Bertz CT molecular complexity index is 1230. The van der Waals surface area contributed by atoms with Crippen LogP contribution < -0.4 is 15.4 Å². The van der Waals surface area contributed by atoms with Gasteiger partial charge in [0.15, 0.2) is 0 Å². The van der Waals surface area contributed by atoms with Crippen molar-refractivity contribution in [3.05, 3.63) is 47.7 Å². The lowest BCUT2D eigenvalue weighted by molar-refractivity contribution is 0.242. The molecular formula is C22H24N6O2S. The third-order valence-electron chi connectivity index (χ3n) is 4.46. The second kappa shape index (κ2) is 8.73. The van der Waals surface area contributed by atoms with Gasteiger partial charge in [-0.2, -0.15) is 0 Å². The molecule has 0 atom stereocenters. The number of aryl methyl sites for hydroxylation is 1. The molecule has 4 rings (SSSR count). The fraction of sp³-hybridized carbons (Fsp3) is 0.273. The zero-order chi connectivity index (χ0) is 22.0. The Morgan fingerprint density at radius 3 is 2.74 bits per heavy atom. The summed E-state index contributed by atoms with van der Waals surface area (Å²) >= 11 is 1.55. The van der Waals surface area contributed by atoms with Crippen LogP contribution in [0.4, 0.5) is 10.5 Å². The first kappa shape index (κ1) is 20.8. The smallest absolute Gasteiger partial charge is 0.319 e. The average molecular weight is 437 g/mol. The van der Waals surface area contributed by atoms with E-state index in [1.807, 2.05) is 74.8 Å². The average Bonchev–Trinajstić information content (AvgIpc) is 3.33. The molecule has 2 amide bonds. The monoisotopic (exact) mass is 436 g/mol. The summed E-state index contributed by atoms with van der Waals surface area (Å²) in [6.07, 6.45) is 3.79. The van der Waals surface area contributed by atoms with E-state index in [-0.39, 0.29) is 12.1 Å². The molecule has 0 aliphatic rings. The van der Waals surface area contributed by atoms with E-state index in [0.29, 0.717) is 18.0 Å². The molecule has 3 aromatic heterocycles. The van der Waals surface area contributed by atoms with Crippen LogP contribution in [0.15, 0.2) is 42.7 Å². The first-order valence-electron chi connectivity index (χ1n) is 10.1. The lowest BCUT2D eigenvalue weighted by Crippen LogP contribution is -2.28. The third kappa shape index (κ3) is 4.66. The van der Waals surface area contributed by atoms with E-state index >= 15 is 0 Å². The summed E-state index contributed by atoms with van der Waals surface area (Å²) in [6.45, 7) is 8.29. The van der Waals surface area contributed by atoms with E-state index in [1.54, 1.807) is 11.3 Å². The van der Waals surface area contributed by atoms with E-state index in [2.05, 4.69) is 25.8 Å². The molecular weight excluding hydrogens is 412 g/mol. The number of urea groups is 1. The third-order valence-corrected chi connectivity index (χ3v) is 5.34. The van der Waals surface area contributed by atoms with Crippen molar-refractivity contribution in [3.8, 4) is 27.6 Å². The second-order valence-electron chi connectivity index (χ2n) is 7.31. The molecule has 0 bridgehead atoms. The number of fused-ring (bicyclic) bond motifs is 1. The maximum atomic E-state index is 12.0.